The smallest absolute Gasteiger partial charge is 0.136 e. The van der Waals surface area contributed by atoms with Gasteiger partial charge in [-0.05, 0) is 38.2 Å². The highest BCUT2D eigenvalue weighted by Crippen LogP contribution is 2.35. The van der Waals surface area contributed by atoms with E-state index in [9.17, 15) is 0 Å². The van der Waals surface area contributed by atoms with E-state index in [1.807, 2.05) is 0 Å². The molecule has 0 spiro atoms. The van der Waals surface area contributed by atoms with Gasteiger partial charge in [-0.2, -0.15) is 0 Å². The maximum absolute atomic E-state index is 4.88. The molecule has 116 valence electrons. The Hall–Kier alpha value is -1.77. The number of fused-ring (bicyclic) bond motifs is 1. The van der Waals surface area contributed by atoms with Crippen molar-refractivity contribution < 1.29 is 0 Å². The van der Waals surface area contributed by atoms with E-state index in [2.05, 4.69) is 41.5 Å². The molecule has 0 unspecified atom stereocenters. The molecule has 4 rings (SSSR count). The summed E-state index contributed by atoms with van der Waals surface area (Å²) in [7, 11) is 0. The van der Waals surface area contributed by atoms with Gasteiger partial charge in [0, 0.05) is 29.9 Å². The molecule has 1 saturated heterocycles. The molecule has 0 amide bonds. The molecular weight excluding hydrogens is 270 g/mol. The second-order valence-corrected chi connectivity index (χ2v) is 6.81. The quantitative estimate of drug-likeness (QED) is 0.903. The van der Waals surface area contributed by atoms with E-state index in [0.29, 0.717) is 6.04 Å². The summed E-state index contributed by atoms with van der Waals surface area (Å²) in [5, 5.41) is 6.32. The number of nitrogens with one attached hydrogen (secondary N) is 1. The van der Waals surface area contributed by atoms with Crippen LogP contribution < -0.4 is 10.2 Å². The first-order valence-electron chi connectivity index (χ1n) is 8.73. The summed E-state index contributed by atoms with van der Waals surface area (Å²) in [5.74, 6) is 1.19. The zero-order chi connectivity index (χ0) is 14.9. The molecule has 1 saturated carbocycles. The van der Waals surface area contributed by atoms with Crippen molar-refractivity contribution in [3.63, 3.8) is 0 Å². The fourth-order valence-corrected chi connectivity index (χ4v) is 3.53. The van der Waals surface area contributed by atoms with Crippen molar-refractivity contribution in [2.75, 3.05) is 23.3 Å². The van der Waals surface area contributed by atoms with E-state index in [1.54, 1.807) is 0 Å². The van der Waals surface area contributed by atoms with Gasteiger partial charge in [-0.15, -0.1) is 0 Å². The van der Waals surface area contributed by atoms with Gasteiger partial charge in [0.25, 0.3) is 0 Å². The minimum Gasteiger partial charge on any atom is -0.381 e. The average molecular weight is 295 g/mol. The Balaban J connectivity index is 1.80. The molecule has 3 nitrogen and oxygen atoms in total. The number of aryl methyl sites for hydroxylation is 1. The van der Waals surface area contributed by atoms with Crippen LogP contribution in [0.2, 0.25) is 0 Å². The lowest BCUT2D eigenvalue weighted by Gasteiger charge is -2.24. The lowest BCUT2D eigenvalue weighted by molar-refractivity contribution is 0.726. The van der Waals surface area contributed by atoms with Gasteiger partial charge < -0.3 is 10.2 Å². The highest BCUT2D eigenvalue weighted by Gasteiger charge is 2.23. The van der Waals surface area contributed by atoms with Gasteiger partial charge in [-0.25, -0.2) is 4.98 Å². The molecule has 1 aliphatic carbocycles. The van der Waals surface area contributed by atoms with Crippen LogP contribution in [0.4, 0.5) is 11.5 Å². The van der Waals surface area contributed by atoms with Gasteiger partial charge in [0.2, 0.25) is 0 Å². The van der Waals surface area contributed by atoms with E-state index >= 15 is 0 Å². The lowest BCUT2D eigenvalue weighted by Crippen LogP contribution is -2.25. The molecule has 2 heterocycles. The summed E-state index contributed by atoms with van der Waals surface area (Å²) in [4.78, 5) is 7.38. The molecule has 2 fully saturated rings. The molecule has 1 aromatic carbocycles. The predicted octanol–water partition coefficient (Wildman–Crippen LogP) is 4.50. The number of hydrogen-bond acceptors (Lipinski definition) is 3. The van der Waals surface area contributed by atoms with Crippen LogP contribution in [0, 0.1) is 6.92 Å². The van der Waals surface area contributed by atoms with Crippen LogP contribution in [0.5, 0.6) is 0 Å². The predicted molar refractivity (Wildman–Crippen MR) is 93.8 cm³/mol. The maximum atomic E-state index is 4.88. The van der Waals surface area contributed by atoms with E-state index in [4.69, 9.17) is 4.98 Å². The standard InChI is InChI=1S/C19H25N3/c1-14-7-6-8-16-17(21-15-9-10-15)13-20-19(18(14)16)22-11-4-2-3-5-12-22/h6-8,13,15,21H,2-5,9-12H2,1H3. The van der Waals surface area contributed by atoms with Gasteiger partial charge in [-0.1, -0.05) is 31.0 Å². The molecule has 1 aliphatic heterocycles. The Morgan fingerprint density at radius 2 is 1.86 bits per heavy atom. The maximum Gasteiger partial charge on any atom is 0.136 e. The van der Waals surface area contributed by atoms with Gasteiger partial charge in [0.15, 0.2) is 0 Å². The van der Waals surface area contributed by atoms with Crippen molar-refractivity contribution >= 4 is 22.3 Å². The number of pyridine rings is 1. The number of rotatable bonds is 3. The molecule has 0 radical (unpaired) electrons. The van der Waals surface area contributed by atoms with Crippen LogP contribution >= 0.6 is 0 Å². The van der Waals surface area contributed by atoms with E-state index in [-0.39, 0.29) is 0 Å². The molecular formula is C19H25N3. The third-order valence-corrected chi connectivity index (χ3v) is 4.95. The number of hydrogen-bond donors (Lipinski definition) is 1. The molecule has 22 heavy (non-hydrogen) atoms. The van der Waals surface area contributed by atoms with Crippen molar-refractivity contribution in [3.05, 3.63) is 30.0 Å². The van der Waals surface area contributed by atoms with Crippen LogP contribution in [0.15, 0.2) is 24.4 Å². The zero-order valence-corrected chi connectivity index (χ0v) is 13.4. The van der Waals surface area contributed by atoms with Gasteiger partial charge in [0.05, 0.1) is 11.9 Å². The summed E-state index contributed by atoms with van der Waals surface area (Å²) in [6.07, 6.45) is 9.93. The van der Waals surface area contributed by atoms with Crippen molar-refractivity contribution in [2.45, 2.75) is 51.5 Å². The van der Waals surface area contributed by atoms with E-state index in [1.165, 1.54) is 66.4 Å². The topological polar surface area (TPSA) is 28.2 Å². The Bertz CT molecular complexity index is 668. The summed E-state index contributed by atoms with van der Waals surface area (Å²) < 4.78 is 0. The van der Waals surface area contributed by atoms with Gasteiger partial charge in [-0.3, -0.25) is 0 Å². The number of nitrogens with zero attached hydrogens (tertiary/aromatic N) is 2. The van der Waals surface area contributed by atoms with Crippen LogP contribution in [-0.2, 0) is 0 Å². The summed E-state index contributed by atoms with van der Waals surface area (Å²) in [6, 6.07) is 7.29. The Labute approximate surface area is 132 Å². The Kier molecular flexibility index (Phi) is 3.65. The Morgan fingerprint density at radius 1 is 1.09 bits per heavy atom. The number of anilines is 2. The minimum absolute atomic E-state index is 0.662. The third-order valence-electron chi connectivity index (χ3n) is 4.95. The second kappa shape index (κ2) is 5.79. The van der Waals surface area contributed by atoms with Crippen LogP contribution in [0.25, 0.3) is 10.8 Å². The van der Waals surface area contributed by atoms with Crippen molar-refractivity contribution in [1.29, 1.82) is 0 Å². The molecule has 1 N–H and O–H groups in total. The molecule has 2 aromatic rings. The lowest BCUT2D eigenvalue weighted by atomic mass is 10.0. The number of benzene rings is 1. The third kappa shape index (κ3) is 2.65. The summed E-state index contributed by atoms with van der Waals surface area (Å²) >= 11 is 0. The first-order chi connectivity index (χ1) is 10.8. The van der Waals surface area contributed by atoms with E-state index in [0.717, 1.165) is 13.1 Å². The zero-order valence-electron chi connectivity index (χ0n) is 13.4. The van der Waals surface area contributed by atoms with Gasteiger partial charge in [0.1, 0.15) is 5.82 Å². The molecule has 1 aromatic heterocycles. The largest absolute Gasteiger partial charge is 0.381 e. The first kappa shape index (κ1) is 13.9. The highest BCUT2D eigenvalue weighted by atomic mass is 15.2. The number of aromatic nitrogens is 1. The normalized spacial score (nSPS) is 19.2. The fourth-order valence-electron chi connectivity index (χ4n) is 3.53. The van der Waals surface area contributed by atoms with Crippen LogP contribution in [0.3, 0.4) is 0 Å². The SMILES string of the molecule is Cc1cccc2c(NC3CC3)cnc(N3CCCCCC3)c12. The monoisotopic (exact) mass is 295 g/mol. The fraction of sp³-hybridized carbons (Fsp3) is 0.526. The molecule has 3 heteroatoms. The van der Waals surface area contributed by atoms with Crippen molar-refractivity contribution in [1.82, 2.24) is 4.98 Å². The molecule has 2 aliphatic rings. The minimum atomic E-state index is 0.662. The van der Waals surface area contributed by atoms with Crippen LogP contribution in [0.1, 0.15) is 44.1 Å². The van der Waals surface area contributed by atoms with Crippen molar-refractivity contribution in [3.8, 4) is 0 Å². The summed E-state index contributed by atoms with van der Waals surface area (Å²) in [6.45, 7) is 4.50. The second-order valence-electron chi connectivity index (χ2n) is 6.81. The highest BCUT2D eigenvalue weighted by molar-refractivity contribution is 6.02. The first-order valence-corrected chi connectivity index (χ1v) is 8.73. The van der Waals surface area contributed by atoms with Crippen LogP contribution in [-0.4, -0.2) is 24.1 Å². The molecule has 0 atom stereocenters. The molecule has 0 bridgehead atoms. The van der Waals surface area contributed by atoms with Gasteiger partial charge >= 0.3 is 0 Å². The van der Waals surface area contributed by atoms with Crippen molar-refractivity contribution in [2.24, 2.45) is 0 Å². The average Bonchev–Trinajstić information content (AvgIpc) is 3.35. The summed E-state index contributed by atoms with van der Waals surface area (Å²) in [5.41, 5.74) is 2.54. The van der Waals surface area contributed by atoms with E-state index < -0.39 is 0 Å². The Morgan fingerprint density at radius 3 is 2.59 bits per heavy atom.